The first-order chi connectivity index (χ1) is 17.1. The van der Waals surface area contributed by atoms with Crippen molar-refractivity contribution in [3.8, 4) is 5.75 Å². The number of aromatic nitrogens is 1. The van der Waals surface area contributed by atoms with Crippen LogP contribution in [-0.2, 0) is 6.42 Å². The molecule has 2 N–H and O–H groups in total. The number of hydrogen-bond donors (Lipinski definition) is 2. The van der Waals surface area contributed by atoms with Crippen LogP contribution in [0.3, 0.4) is 0 Å². The molecule has 8 heteroatoms. The second kappa shape index (κ2) is 12.7. The molecular weight excluding hydrogens is 460 g/mol. The van der Waals surface area contributed by atoms with Crippen molar-refractivity contribution >= 4 is 23.3 Å². The maximum absolute atomic E-state index is 12.6. The van der Waals surface area contributed by atoms with E-state index in [9.17, 15) is 9.59 Å². The number of ether oxygens (including phenoxy) is 1. The van der Waals surface area contributed by atoms with E-state index in [1.807, 2.05) is 34.5 Å². The highest BCUT2D eigenvalue weighted by molar-refractivity contribution is 7.09. The largest absolute Gasteiger partial charge is 0.497 e. The first-order valence-corrected chi connectivity index (χ1v) is 13.6. The van der Waals surface area contributed by atoms with Crippen molar-refractivity contribution in [2.24, 2.45) is 0 Å². The lowest BCUT2D eigenvalue weighted by Gasteiger charge is -2.31. The Morgan fingerprint density at radius 2 is 1.97 bits per heavy atom. The Morgan fingerprint density at radius 3 is 2.74 bits per heavy atom. The number of benzene rings is 1. The number of carbonyl (C=O) groups is 2. The van der Waals surface area contributed by atoms with E-state index in [2.05, 4.69) is 21.7 Å². The number of urea groups is 1. The number of nitrogens with zero attached hydrogens (tertiary/aromatic N) is 2. The third-order valence-corrected chi connectivity index (χ3v) is 7.83. The fourth-order valence-corrected chi connectivity index (χ4v) is 5.69. The van der Waals surface area contributed by atoms with Gasteiger partial charge in [0, 0.05) is 37.5 Å². The zero-order valence-corrected chi connectivity index (χ0v) is 21.4. The Bertz CT molecular complexity index is 1030. The van der Waals surface area contributed by atoms with Crippen molar-refractivity contribution in [1.82, 2.24) is 20.5 Å². The zero-order valence-electron chi connectivity index (χ0n) is 20.6. The Labute approximate surface area is 212 Å². The maximum atomic E-state index is 12.6. The van der Waals surface area contributed by atoms with Gasteiger partial charge in [-0.3, -0.25) is 4.79 Å². The summed E-state index contributed by atoms with van der Waals surface area (Å²) in [4.78, 5) is 31.6. The van der Waals surface area contributed by atoms with Gasteiger partial charge in [0.1, 0.15) is 11.4 Å². The number of likely N-dealkylation sites (tertiary alicyclic amines) is 1. The summed E-state index contributed by atoms with van der Waals surface area (Å²) in [5, 5.41) is 8.89. The number of allylic oxidation sites excluding steroid dienone is 1. The van der Waals surface area contributed by atoms with Crippen molar-refractivity contribution in [3.05, 3.63) is 57.6 Å². The van der Waals surface area contributed by atoms with Crippen LogP contribution < -0.4 is 15.4 Å². The molecule has 7 nitrogen and oxygen atoms in total. The van der Waals surface area contributed by atoms with Crippen LogP contribution >= 0.6 is 11.3 Å². The molecule has 2 heterocycles. The molecule has 0 spiro atoms. The molecule has 1 aromatic carbocycles. The van der Waals surface area contributed by atoms with Gasteiger partial charge in [-0.1, -0.05) is 23.8 Å². The molecule has 2 aromatic rings. The lowest BCUT2D eigenvalue weighted by atomic mass is 9.97. The zero-order chi connectivity index (χ0) is 24.5. The molecule has 0 unspecified atom stereocenters. The number of amides is 3. The quantitative estimate of drug-likeness (QED) is 0.484. The van der Waals surface area contributed by atoms with Gasteiger partial charge in [-0.05, 0) is 69.1 Å². The average molecular weight is 497 g/mol. The van der Waals surface area contributed by atoms with Gasteiger partial charge in [-0.2, -0.15) is 0 Å². The molecule has 188 valence electrons. The summed E-state index contributed by atoms with van der Waals surface area (Å²) in [7, 11) is 1.65. The highest BCUT2D eigenvalue weighted by Gasteiger charge is 2.26. The van der Waals surface area contributed by atoms with Crippen molar-refractivity contribution in [2.75, 3.05) is 33.3 Å². The second-order valence-electron chi connectivity index (χ2n) is 9.28. The average Bonchev–Trinajstić information content (AvgIpc) is 3.40. The predicted molar refractivity (Wildman–Crippen MR) is 139 cm³/mol. The third-order valence-electron chi connectivity index (χ3n) is 6.83. The normalized spacial score (nSPS) is 16.5. The SMILES string of the molecule is COc1cccc(CCNC(=O)c2csc(C3CCN(C(=O)NCCC4=CCCCC4)CC3)n2)c1. The lowest BCUT2D eigenvalue weighted by molar-refractivity contribution is 0.0949. The summed E-state index contributed by atoms with van der Waals surface area (Å²) in [5.41, 5.74) is 3.08. The van der Waals surface area contributed by atoms with Crippen LogP contribution in [0.5, 0.6) is 5.75 Å². The minimum atomic E-state index is -0.139. The van der Waals surface area contributed by atoms with E-state index in [0.29, 0.717) is 24.7 Å². The molecular formula is C27H36N4O3S. The molecule has 1 aliphatic carbocycles. The van der Waals surface area contributed by atoms with Crippen LogP contribution in [0, 0.1) is 0 Å². The van der Waals surface area contributed by atoms with Crippen molar-refractivity contribution in [2.45, 2.75) is 57.3 Å². The molecule has 0 radical (unpaired) electrons. The summed E-state index contributed by atoms with van der Waals surface area (Å²) < 4.78 is 5.25. The van der Waals surface area contributed by atoms with E-state index >= 15 is 0 Å². The second-order valence-corrected chi connectivity index (χ2v) is 10.2. The molecule has 1 aliphatic heterocycles. The molecule has 0 atom stereocenters. The number of carbonyl (C=O) groups excluding carboxylic acids is 2. The number of nitrogens with one attached hydrogen (secondary N) is 2. The summed E-state index contributed by atoms with van der Waals surface area (Å²) >= 11 is 1.54. The van der Waals surface area contributed by atoms with Crippen LogP contribution in [0.4, 0.5) is 4.79 Å². The molecule has 1 fully saturated rings. The van der Waals surface area contributed by atoms with E-state index in [0.717, 1.165) is 55.1 Å². The summed E-state index contributed by atoms with van der Waals surface area (Å²) in [6.45, 7) is 2.71. The Balaban J connectivity index is 1.17. The summed E-state index contributed by atoms with van der Waals surface area (Å²) in [6, 6.07) is 7.90. The van der Waals surface area contributed by atoms with Crippen molar-refractivity contribution in [3.63, 3.8) is 0 Å². The number of rotatable bonds is 9. The predicted octanol–water partition coefficient (Wildman–Crippen LogP) is 4.90. The van der Waals surface area contributed by atoms with Crippen molar-refractivity contribution in [1.29, 1.82) is 0 Å². The molecule has 0 saturated carbocycles. The van der Waals surface area contributed by atoms with Gasteiger partial charge in [0.2, 0.25) is 0 Å². The van der Waals surface area contributed by atoms with Gasteiger partial charge < -0.3 is 20.3 Å². The minimum absolute atomic E-state index is 0.0371. The van der Waals surface area contributed by atoms with Gasteiger partial charge in [0.25, 0.3) is 5.91 Å². The summed E-state index contributed by atoms with van der Waals surface area (Å²) in [5.74, 6) is 0.980. The summed E-state index contributed by atoms with van der Waals surface area (Å²) in [6.07, 6.45) is 10.7. The van der Waals surface area contributed by atoms with E-state index in [1.165, 1.54) is 31.3 Å². The van der Waals surface area contributed by atoms with E-state index in [1.54, 1.807) is 18.4 Å². The van der Waals surface area contributed by atoms with Crippen LogP contribution in [0.2, 0.25) is 0 Å². The van der Waals surface area contributed by atoms with Gasteiger partial charge in [0.05, 0.1) is 12.1 Å². The van der Waals surface area contributed by atoms with Crippen LogP contribution in [-0.4, -0.2) is 55.1 Å². The fourth-order valence-electron chi connectivity index (χ4n) is 4.72. The van der Waals surface area contributed by atoms with Gasteiger partial charge in [-0.15, -0.1) is 11.3 Å². The first kappa shape index (κ1) is 25.2. The molecule has 2 aliphatic rings. The topological polar surface area (TPSA) is 83.6 Å². The number of methoxy groups -OCH3 is 1. The van der Waals surface area contributed by atoms with Gasteiger partial charge in [-0.25, -0.2) is 9.78 Å². The Kier molecular flexibility index (Phi) is 9.17. The monoisotopic (exact) mass is 496 g/mol. The molecule has 0 bridgehead atoms. The first-order valence-electron chi connectivity index (χ1n) is 12.7. The number of hydrogen-bond acceptors (Lipinski definition) is 5. The smallest absolute Gasteiger partial charge is 0.317 e. The highest BCUT2D eigenvalue weighted by Crippen LogP contribution is 2.30. The van der Waals surface area contributed by atoms with Crippen LogP contribution in [0.25, 0.3) is 0 Å². The number of thiazole rings is 1. The standard InChI is InChI=1S/C27H36N4O3S/c1-34-23-9-5-8-21(18-23)11-14-28-25(32)24-19-35-26(30-24)22-12-16-31(17-13-22)27(33)29-15-10-20-6-3-2-4-7-20/h5-6,8-9,18-19,22H,2-4,7,10-17H2,1H3,(H,28,32)(H,29,33). The van der Waals surface area contributed by atoms with E-state index in [4.69, 9.17) is 4.74 Å². The van der Waals surface area contributed by atoms with Crippen LogP contribution in [0.15, 0.2) is 41.3 Å². The minimum Gasteiger partial charge on any atom is -0.497 e. The van der Waals surface area contributed by atoms with Crippen molar-refractivity contribution < 1.29 is 14.3 Å². The molecule has 3 amide bonds. The highest BCUT2D eigenvalue weighted by atomic mass is 32.1. The van der Waals surface area contributed by atoms with Crippen LogP contribution in [0.1, 0.15) is 71.9 Å². The lowest BCUT2D eigenvalue weighted by Crippen LogP contribution is -2.44. The van der Waals surface area contributed by atoms with E-state index < -0.39 is 0 Å². The Morgan fingerprint density at radius 1 is 1.14 bits per heavy atom. The Hall–Kier alpha value is -2.87. The molecule has 1 aromatic heterocycles. The van der Waals surface area contributed by atoms with Gasteiger partial charge in [0.15, 0.2) is 0 Å². The molecule has 4 rings (SSSR count). The molecule has 1 saturated heterocycles. The molecule has 35 heavy (non-hydrogen) atoms. The van der Waals surface area contributed by atoms with E-state index in [-0.39, 0.29) is 11.9 Å². The van der Waals surface area contributed by atoms with Gasteiger partial charge >= 0.3 is 6.03 Å². The fraction of sp³-hybridized carbons (Fsp3) is 0.519. The third kappa shape index (κ3) is 7.31. The number of piperidine rings is 1. The maximum Gasteiger partial charge on any atom is 0.317 e.